The predicted molar refractivity (Wildman–Crippen MR) is 62.1 cm³/mol. The van der Waals surface area contributed by atoms with Crippen LogP contribution in [0.5, 0.6) is 0 Å². The van der Waals surface area contributed by atoms with E-state index in [1.54, 1.807) is 0 Å². The van der Waals surface area contributed by atoms with Crippen molar-refractivity contribution in [3.8, 4) is 0 Å². The molecule has 1 rings (SSSR count). The molecule has 2 unspecified atom stereocenters. The summed E-state index contributed by atoms with van der Waals surface area (Å²) in [5, 5.41) is 10.2. The zero-order valence-electron chi connectivity index (χ0n) is 6.99. The van der Waals surface area contributed by atoms with Crippen LogP contribution in [-0.4, -0.2) is 12.9 Å². The molecule has 72 valence electrons. The Balaban J connectivity index is 2.70. The quantitative estimate of drug-likeness (QED) is 0.649. The summed E-state index contributed by atoms with van der Waals surface area (Å²) in [4.78, 5) is 0. The Morgan fingerprint density at radius 1 is 1.42 bits per heavy atom. The van der Waals surface area contributed by atoms with E-state index in [2.05, 4.69) is 54.7 Å². The number of halogens is 3. The van der Waals surface area contributed by atoms with E-state index in [0.29, 0.717) is 5.92 Å². The normalized spacial score (nSPS) is 38.2. The first kappa shape index (κ1) is 11.5. The van der Waals surface area contributed by atoms with E-state index in [0.717, 1.165) is 19.3 Å². The van der Waals surface area contributed by atoms with E-state index in [9.17, 15) is 5.11 Å². The van der Waals surface area contributed by atoms with E-state index in [4.69, 9.17) is 0 Å². The molecule has 0 amide bonds. The first-order chi connectivity index (χ1) is 5.35. The zero-order chi connectivity index (χ0) is 9.41. The number of hydrogen-bond donors (Lipinski definition) is 1. The van der Waals surface area contributed by atoms with Crippen LogP contribution in [0.2, 0.25) is 0 Å². The van der Waals surface area contributed by atoms with Crippen molar-refractivity contribution in [2.75, 3.05) is 0 Å². The lowest BCUT2D eigenvalue weighted by atomic mass is 9.80. The van der Waals surface area contributed by atoms with Crippen LogP contribution in [0, 0.1) is 5.92 Å². The first-order valence-corrected chi connectivity index (χ1v) is 6.52. The Morgan fingerprint density at radius 2 is 2.00 bits per heavy atom. The van der Waals surface area contributed by atoms with Gasteiger partial charge in [0.15, 0.2) is 2.14 Å². The van der Waals surface area contributed by atoms with Crippen LogP contribution in [0.4, 0.5) is 0 Å². The minimum atomic E-state index is -0.662. The highest BCUT2D eigenvalue weighted by Gasteiger charge is 2.47. The second-order valence-corrected chi connectivity index (χ2v) is 10.5. The van der Waals surface area contributed by atoms with Gasteiger partial charge in [0.2, 0.25) is 0 Å². The summed E-state index contributed by atoms with van der Waals surface area (Å²) >= 11 is 10.2. The van der Waals surface area contributed by atoms with Gasteiger partial charge in [-0.15, -0.1) is 0 Å². The van der Waals surface area contributed by atoms with Crippen LogP contribution in [0.3, 0.4) is 0 Å². The van der Waals surface area contributed by atoms with Gasteiger partial charge in [-0.2, -0.15) is 0 Å². The largest absolute Gasteiger partial charge is 0.387 e. The third-order valence-electron chi connectivity index (χ3n) is 2.50. The topological polar surface area (TPSA) is 20.2 Å². The lowest BCUT2D eigenvalue weighted by molar-refractivity contribution is -0.000353. The summed E-state index contributed by atoms with van der Waals surface area (Å²) in [5.41, 5.74) is -0.662. The Bertz CT molecular complexity index is 166. The van der Waals surface area contributed by atoms with E-state index in [-0.39, 0.29) is 0 Å². The van der Waals surface area contributed by atoms with Gasteiger partial charge in [0, 0.05) is 0 Å². The molecule has 4 heteroatoms. The van der Waals surface area contributed by atoms with E-state index < -0.39 is 7.74 Å². The van der Waals surface area contributed by atoms with Gasteiger partial charge in [0.1, 0.15) is 0 Å². The van der Waals surface area contributed by atoms with Crippen molar-refractivity contribution in [1.29, 1.82) is 0 Å². The Labute approximate surface area is 98.7 Å². The standard InChI is InChI=1S/C8H13Br3O/c1-6-3-2-4-7(12,5-6)8(9,10)11/h6,12H,2-5H2,1H3. The number of rotatable bonds is 0. The van der Waals surface area contributed by atoms with Crippen LogP contribution in [0.1, 0.15) is 32.6 Å². The minimum Gasteiger partial charge on any atom is -0.387 e. The average molecular weight is 365 g/mol. The Kier molecular flexibility index (Phi) is 3.70. The summed E-state index contributed by atoms with van der Waals surface area (Å²) in [7, 11) is 0. The predicted octanol–water partition coefficient (Wildman–Crippen LogP) is 3.77. The fraction of sp³-hybridized carbons (Fsp3) is 1.00. The minimum absolute atomic E-state index is 0.519. The maximum Gasteiger partial charge on any atom is 0.163 e. The van der Waals surface area contributed by atoms with E-state index >= 15 is 0 Å². The van der Waals surface area contributed by atoms with Gasteiger partial charge in [0.05, 0.1) is 5.60 Å². The smallest absolute Gasteiger partial charge is 0.163 e. The molecule has 12 heavy (non-hydrogen) atoms. The van der Waals surface area contributed by atoms with E-state index in [1.165, 1.54) is 6.42 Å². The molecule has 1 aliphatic rings. The fourth-order valence-electron chi connectivity index (χ4n) is 1.78. The molecule has 0 aliphatic heterocycles. The molecule has 0 heterocycles. The number of aliphatic hydroxyl groups is 1. The molecular weight excluding hydrogens is 352 g/mol. The third kappa shape index (κ3) is 2.46. The van der Waals surface area contributed by atoms with Crippen molar-refractivity contribution >= 4 is 47.8 Å². The average Bonchev–Trinajstić information content (AvgIpc) is 1.83. The SMILES string of the molecule is CC1CCCC(O)(C(Br)(Br)Br)C1. The van der Waals surface area contributed by atoms with Crippen molar-refractivity contribution in [3.63, 3.8) is 0 Å². The van der Waals surface area contributed by atoms with Crippen LogP contribution >= 0.6 is 47.8 Å². The lowest BCUT2D eigenvalue weighted by Gasteiger charge is -2.41. The molecule has 0 bridgehead atoms. The van der Waals surface area contributed by atoms with Gasteiger partial charge in [-0.25, -0.2) is 0 Å². The molecule has 1 aliphatic carbocycles. The molecule has 1 nitrogen and oxygen atoms in total. The molecule has 0 saturated heterocycles. The highest BCUT2D eigenvalue weighted by atomic mass is 80.0. The van der Waals surface area contributed by atoms with Crippen LogP contribution in [0.25, 0.3) is 0 Å². The van der Waals surface area contributed by atoms with Crippen LogP contribution < -0.4 is 0 Å². The number of hydrogen-bond acceptors (Lipinski definition) is 1. The fourth-order valence-corrected chi connectivity index (χ4v) is 2.86. The molecule has 0 aromatic carbocycles. The highest BCUT2D eigenvalue weighted by molar-refractivity contribution is 9.39. The second-order valence-electron chi connectivity index (χ2n) is 3.73. The molecule has 1 N–H and O–H groups in total. The highest BCUT2D eigenvalue weighted by Crippen LogP contribution is 2.51. The summed E-state index contributed by atoms with van der Waals surface area (Å²) in [5.74, 6) is 0.607. The van der Waals surface area contributed by atoms with Crippen molar-refractivity contribution in [2.24, 2.45) is 5.92 Å². The molecule has 0 aromatic rings. The summed E-state index contributed by atoms with van der Waals surface area (Å²) in [6, 6.07) is 0. The molecule has 1 fully saturated rings. The third-order valence-corrected chi connectivity index (χ3v) is 4.72. The van der Waals surface area contributed by atoms with Gasteiger partial charge < -0.3 is 5.11 Å². The van der Waals surface area contributed by atoms with Crippen molar-refractivity contribution < 1.29 is 5.11 Å². The van der Waals surface area contributed by atoms with Gasteiger partial charge in [0.25, 0.3) is 0 Å². The molecule has 2 atom stereocenters. The monoisotopic (exact) mass is 362 g/mol. The van der Waals surface area contributed by atoms with Gasteiger partial charge in [-0.3, -0.25) is 0 Å². The van der Waals surface area contributed by atoms with E-state index in [1.807, 2.05) is 0 Å². The molecule has 0 spiro atoms. The molecule has 0 aromatic heterocycles. The van der Waals surface area contributed by atoms with Crippen molar-refractivity contribution in [1.82, 2.24) is 0 Å². The maximum absolute atomic E-state index is 10.2. The number of alkyl halides is 3. The second kappa shape index (κ2) is 3.87. The zero-order valence-corrected chi connectivity index (χ0v) is 11.7. The lowest BCUT2D eigenvalue weighted by Crippen LogP contribution is -2.45. The Hall–Kier alpha value is 1.40. The van der Waals surface area contributed by atoms with Crippen LogP contribution in [0.15, 0.2) is 0 Å². The van der Waals surface area contributed by atoms with Gasteiger partial charge in [-0.1, -0.05) is 67.6 Å². The van der Waals surface area contributed by atoms with Crippen LogP contribution in [-0.2, 0) is 0 Å². The molecular formula is C8H13Br3O. The summed E-state index contributed by atoms with van der Waals surface area (Å²) in [6.07, 6.45) is 4.02. The van der Waals surface area contributed by atoms with Gasteiger partial charge >= 0.3 is 0 Å². The maximum atomic E-state index is 10.2. The molecule has 0 radical (unpaired) electrons. The summed E-state index contributed by atoms with van der Waals surface area (Å²) in [6.45, 7) is 2.18. The van der Waals surface area contributed by atoms with Crippen molar-refractivity contribution in [3.05, 3.63) is 0 Å². The van der Waals surface area contributed by atoms with Gasteiger partial charge in [-0.05, 0) is 18.8 Å². The molecule has 1 saturated carbocycles. The Morgan fingerprint density at radius 3 is 2.33 bits per heavy atom. The first-order valence-electron chi connectivity index (χ1n) is 4.14. The summed E-state index contributed by atoms with van der Waals surface area (Å²) < 4.78 is -0.519. The van der Waals surface area contributed by atoms with Crippen molar-refractivity contribution in [2.45, 2.75) is 40.4 Å².